The zero-order valence-corrected chi connectivity index (χ0v) is 13.8. The van der Waals surface area contributed by atoms with Crippen LogP contribution >= 0.6 is 0 Å². The summed E-state index contributed by atoms with van der Waals surface area (Å²) >= 11 is 0. The maximum Gasteiger partial charge on any atom is 0.335 e. The van der Waals surface area contributed by atoms with E-state index in [1.54, 1.807) is 12.1 Å². The lowest BCUT2D eigenvalue weighted by Crippen LogP contribution is -2.01. The number of hydrogen-bond acceptors (Lipinski definition) is 2. The highest BCUT2D eigenvalue weighted by atomic mass is 16.5. The van der Waals surface area contributed by atoms with Crippen molar-refractivity contribution in [3.8, 4) is 11.1 Å². The van der Waals surface area contributed by atoms with Crippen LogP contribution in [0.15, 0.2) is 48.5 Å². The molecule has 0 aromatic heterocycles. The van der Waals surface area contributed by atoms with Crippen molar-refractivity contribution < 1.29 is 14.6 Å². The van der Waals surface area contributed by atoms with Crippen LogP contribution in [0.4, 0.5) is 0 Å². The zero-order chi connectivity index (χ0) is 16.7. The predicted octanol–water partition coefficient (Wildman–Crippen LogP) is 4.97. The quantitative estimate of drug-likeness (QED) is 0.700. The van der Waals surface area contributed by atoms with E-state index in [1.165, 1.54) is 5.56 Å². The van der Waals surface area contributed by atoms with E-state index >= 15 is 0 Å². The van der Waals surface area contributed by atoms with Crippen molar-refractivity contribution in [1.29, 1.82) is 0 Å². The third kappa shape index (κ3) is 4.93. The number of hydrogen-bond donors (Lipinski definition) is 1. The molecule has 2 rings (SSSR count). The Morgan fingerprint density at radius 2 is 1.57 bits per heavy atom. The molecule has 0 bridgehead atoms. The second-order valence-corrected chi connectivity index (χ2v) is 5.81. The minimum atomic E-state index is -0.897. The summed E-state index contributed by atoms with van der Waals surface area (Å²) in [5, 5.41) is 8.94. The Balaban J connectivity index is 1.99. The lowest BCUT2D eigenvalue weighted by Gasteiger charge is -2.13. The SMILES string of the molecule is CCCOCCC(C)c1ccc(-c2ccc(C(=O)O)cc2)cc1. The smallest absolute Gasteiger partial charge is 0.335 e. The van der Waals surface area contributed by atoms with Gasteiger partial charge in [-0.05, 0) is 47.6 Å². The molecule has 2 aromatic rings. The van der Waals surface area contributed by atoms with Gasteiger partial charge in [-0.3, -0.25) is 0 Å². The molecule has 2 aromatic carbocycles. The van der Waals surface area contributed by atoms with Gasteiger partial charge in [0, 0.05) is 13.2 Å². The Morgan fingerprint density at radius 3 is 2.09 bits per heavy atom. The molecule has 0 radical (unpaired) electrons. The third-order valence-corrected chi connectivity index (χ3v) is 3.99. The van der Waals surface area contributed by atoms with Crippen LogP contribution in [-0.2, 0) is 4.74 Å². The second-order valence-electron chi connectivity index (χ2n) is 5.81. The molecule has 0 saturated carbocycles. The van der Waals surface area contributed by atoms with Gasteiger partial charge in [-0.15, -0.1) is 0 Å². The van der Waals surface area contributed by atoms with E-state index < -0.39 is 5.97 Å². The Kier molecular flexibility index (Phi) is 6.36. The Labute approximate surface area is 137 Å². The maximum atomic E-state index is 10.9. The lowest BCUT2D eigenvalue weighted by molar-refractivity contribution is 0.0697. The van der Waals surface area contributed by atoms with E-state index in [9.17, 15) is 4.79 Å². The number of carboxylic acid groups (broad SMARTS) is 1. The maximum absolute atomic E-state index is 10.9. The number of carbonyl (C=O) groups is 1. The molecular weight excluding hydrogens is 288 g/mol. The first kappa shape index (κ1) is 17.2. The van der Waals surface area contributed by atoms with Gasteiger partial charge < -0.3 is 9.84 Å². The van der Waals surface area contributed by atoms with Crippen LogP contribution < -0.4 is 0 Å². The van der Waals surface area contributed by atoms with E-state index in [0.29, 0.717) is 11.5 Å². The topological polar surface area (TPSA) is 46.5 Å². The average molecular weight is 312 g/mol. The molecule has 0 saturated heterocycles. The normalized spacial score (nSPS) is 12.1. The van der Waals surface area contributed by atoms with Gasteiger partial charge in [-0.25, -0.2) is 4.79 Å². The molecule has 3 nitrogen and oxygen atoms in total. The molecule has 0 amide bonds. The summed E-state index contributed by atoms with van der Waals surface area (Å²) < 4.78 is 5.55. The number of aromatic carboxylic acids is 1. The van der Waals surface area contributed by atoms with Gasteiger partial charge in [-0.1, -0.05) is 50.2 Å². The number of benzene rings is 2. The summed E-state index contributed by atoms with van der Waals surface area (Å²) in [6, 6.07) is 15.4. The zero-order valence-electron chi connectivity index (χ0n) is 13.8. The first-order valence-electron chi connectivity index (χ1n) is 8.13. The Hall–Kier alpha value is -2.13. The van der Waals surface area contributed by atoms with Crippen molar-refractivity contribution in [2.75, 3.05) is 13.2 Å². The molecule has 122 valence electrons. The Morgan fingerprint density at radius 1 is 1.00 bits per heavy atom. The highest BCUT2D eigenvalue weighted by Gasteiger charge is 2.07. The standard InChI is InChI=1S/C20H24O3/c1-3-13-23-14-12-15(2)16-4-6-17(7-5-16)18-8-10-19(11-9-18)20(21)22/h4-11,15H,3,12-14H2,1-2H3,(H,21,22). The van der Waals surface area contributed by atoms with Gasteiger partial charge in [0.05, 0.1) is 5.56 Å². The van der Waals surface area contributed by atoms with Gasteiger partial charge in [0.1, 0.15) is 0 Å². The molecule has 23 heavy (non-hydrogen) atoms. The number of rotatable bonds is 8. The first-order chi connectivity index (χ1) is 11.1. The van der Waals surface area contributed by atoms with Crippen molar-refractivity contribution in [2.45, 2.75) is 32.6 Å². The van der Waals surface area contributed by atoms with Crippen LogP contribution in [0.5, 0.6) is 0 Å². The van der Waals surface area contributed by atoms with Crippen molar-refractivity contribution in [1.82, 2.24) is 0 Å². The molecule has 0 aliphatic carbocycles. The van der Waals surface area contributed by atoms with Crippen LogP contribution in [0, 0.1) is 0 Å². The number of ether oxygens (including phenoxy) is 1. The second kappa shape index (κ2) is 8.49. The van der Waals surface area contributed by atoms with Crippen molar-refractivity contribution in [3.05, 3.63) is 59.7 Å². The fraction of sp³-hybridized carbons (Fsp3) is 0.350. The summed E-state index contributed by atoms with van der Waals surface area (Å²) in [6.45, 7) is 5.96. The Bertz CT molecular complexity index is 614. The van der Waals surface area contributed by atoms with Crippen molar-refractivity contribution in [2.24, 2.45) is 0 Å². The minimum absolute atomic E-state index is 0.311. The molecule has 0 aliphatic rings. The average Bonchev–Trinajstić information content (AvgIpc) is 2.59. The fourth-order valence-electron chi connectivity index (χ4n) is 2.48. The van der Waals surface area contributed by atoms with E-state index in [1.807, 2.05) is 12.1 Å². The first-order valence-corrected chi connectivity index (χ1v) is 8.13. The molecular formula is C20H24O3. The molecule has 0 heterocycles. The molecule has 0 fully saturated rings. The van der Waals surface area contributed by atoms with E-state index in [0.717, 1.165) is 37.2 Å². The molecule has 1 unspecified atom stereocenters. The minimum Gasteiger partial charge on any atom is -0.478 e. The van der Waals surface area contributed by atoms with Gasteiger partial charge in [0.15, 0.2) is 0 Å². The summed E-state index contributed by atoms with van der Waals surface area (Å²) in [5.41, 5.74) is 3.74. The van der Waals surface area contributed by atoms with Crippen molar-refractivity contribution >= 4 is 5.97 Å². The van der Waals surface area contributed by atoms with Gasteiger partial charge in [-0.2, -0.15) is 0 Å². The largest absolute Gasteiger partial charge is 0.478 e. The van der Waals surface area contributed by atoms with E-state index in [4.69, 9.17) is 9.84 Å². The molecule has 0 aliphatic heterocycles. The summed E-state index contributed by atoms with van der Waals surface area (Å²) in [7, 11) is 0. The monoisotopic (exact) mass is 312 g/mol. The third-order valence-electron chi connectivity index (χ3n) is 3.99. The van der Waals surface area contributed by atoms with Crippen LogP contribution in [0.1, 0.15) is 48.5 Å². The van der Waals surface area contributed by atoms with Crippen LogP contribution in [-0.4, -0.2) is 24.3 Å². The van der Waals surface area contributed by atoms with Gasteiger partial charge in [0.25, 0.3) is 0 Å². The predicted molar refractivity (Wildman–Crippen MR) is 93.0 cm³/mol. The molecule has 1 atom stereocenters. The summed E-state index contributed by atoms with van der Waals surface area (Å²) in [4.78, 5) is 10.9. The van der Waals surface area contributed by atoms with Gasteiger partial charge >= 0.3 is 5.97 Å². The fourth-order valence-corrected chi connectivity index (χ4v) is 2.48. The van der Waals surface area contributed by atoms with Gasteiger partial charge in [0.2, 0.25) is 0 Å². The highest BCUT2D eigenvalue weighted by Crippen LogP contribution is 2.24. The van der Waals surface area contributed by atoms with Crippen molar-refractivity contribution in [3.63, 3.8) is 0 Å². The molecule has 1 N–H and O–H groups in total. The van der Waals surface area contributed by atoms with E-state index in [2.05, 4.69) is 38.1 Å². The summed E-state index contributed by atoms with van der Waals surface area (Å²) in [5.74, 6) is -0.429. The highest BCUT2D eigenvalue weighted by molar-refractivity contribution is 5.88. The van der Waals surface area contributed by atoms with Crippen LogP contribution in [0.2, 0.25) is 0 Å². The van der Waals surface area contributed by atoms with Crippen LogP contribution in [0.25, 0.3) is 11.1 Å². The lowest BCUT2D eigenvalue weighted by atomic mass is 9.95. The molecule has 3 heteroatoms. The number of carboxylic acids is 1. The summed E-state index contributed by atoms with van der Waals surface area (Å²) in [6.07, 6.45) is 2.08. The van der Waals surface area contributed by atoms with Crippen LogP contribution in [0.3, 0.4) is 0 Å². The van der Waals surface area contributed by atoms with E-state index in [-0.39, 0.29) is 0 Å². The molecule has 0 spiro atoms.